The molecule has 1 aliphatic carbocycles. The normalized spacial score (nSPS) is 23.3. The molecule has 0 radical (unpaired) electrons. The second kappa shape index (κ2) is 6.87. The van der Waals surface area contributed by atoms with E-state index in [1.807, 2.05) is 6.92 Å². The van der Waals surface area contributed by atoms with Crippen LogP contribution in [-0.4, -0.2) is 45.4 Å². The number of aromatic nitrogens is 2. The van der Waals surface area contributed by atoms with E-state index in [-0.39, 0.29) is 35.3 Å². The van der Waals surface area contributed by atoms with E-state index >= 15 is 0 Å². The summed E-state index contributed by atoms with van der Waals surface area (Å²) in [6.45, 7) is 3.00. The highest BCUT2D eigenvalue weighted by Crippen LogP contribution is 2.53. The van der Waals surface area contributed by atoms with Crippen LogP contribution < -0.4 is 0 Å². The van der Waals surface area contributed by atoms with Gasteiger partial charge in [-0.3, -0.25) is 9.48 Å². The Balaban J connectivity index is 1.65. The van der Waals surface area contributed by atoms with Crippen LogP contribution in [-0.2, 0) is 18.0 Å². The molecule has 26 heavy (non-hydrogen) atoms. The van der Waals surface area contributed by atoms with Crippen molar-refractivity contribution >= 4 is 5.91 Å². The monoisotopic (exact) mass is 373 g/mol. The van der Waals surface area contributed by atoms with E-state index in [0.29, 0.717) is 32.4 Å². The standard InChI is InChI=1S/C18H26F3N3O2/c1-3-4-13(9-25)16(26)24-10-17(11-24)6-5-12(7-17)14-8-23(2)22-15(14)18(19,20)21/h8,12-13,25H,3-7,9-11H2,1-2H3/t12?,13-/m1/s1. The Morgan fingerprint density at radius 1 is 1.46 bits per heavy atom. The molecule has 1 aromatic heterocycles. The summed E-state index contributed by atoms with van der Waals surface area (Å²) in [4.78, 5) is 14.2. The summed E-state index contributed by atoms with van der Waals surface area (Å²) in [5.74, 6) is -0.549. The minimum absolute atomic E-state index is 0.0271. The third-order valence-electron chi connectivity index (χ3n) is 5.84. The highest BCUT2D eigenvalue weighted by atomic mass is 19.4. The molecule has 146 valence electrons. The molecule has 3 rings (SSSR count). The molecule has 2 heterocycles. The molecule has 2 atom stereocenters. The first kappa shape index (κ1) is 19.2. The largest absolute Gasteiger partial charge is 0.435 e. The van der Waals surface area contributed by atoms with Crippen LogP contribution in [0.2, 0.25) is 0 Å². The fraction of sp³-hybridized carbons (Fsp3) is 0.778. The van der Waals surface area contributed by atoms with Crippen molar-refractivity contribution in [3.63, 3.8) is 0 Å². The van der Waals surface area contributed by atoms with Crippen molar-refractivity contribution in [2.24, 2.45) is 18.4 Å². The highest BCUT2D eigenvalue weighted by molar-refractivity contribution is 5.80. The first-order chi connectivity index (χ1) is 12.2. The zero-order valence-corrected chi connectivity index (χ0v) is 15.2. The molecule has 1 aromatic rings. The number of halogens is 3. The van der Waals surface area contributed by atoms with E-state index in [1.54, 1.807) is 4.90 Å². The first-order valence-electron chi connectivity index (χ1n) is 9.19. The smallest absolute Gasteiger partial charge is 0.396 e. The Kier molecular flexibility index (Phi) is 5.07. The van der Waals surface area contributed by atoms with Gasteiger partial charge in [0.2, 0.25) is 5.91 Å². The van der Waals surface area contributed by atoms with E-state index in [0.717, 1.165) is 12.8 Å². The van der Waals surface area contributed by atoms with Crippen LogP contribution in [0, 0.1) is 11.3 Å². The molecule has 1 N–H and O–H groups in total. The van der Waals surface area contributed by atoms with Crippen molar-refractivity contribution in [1.82, 2.24) is 14.7 Å². The first-order valence-corrected chi connectivity index (χ1v) is 9.19. The molecule has 0 bridgehead atoms. The maximum absolute atomic E-state index is 13.2. The van der Waals surface area contributed by atoms with Gasteiger partial charge in [-0.15, -0.1) is 0 Å². The molecule has 2 aliphatic rings. The fourth-order valence-corrected chi connectivity index (χ4v) is 4.60. The molecular weight excluding hydrogens is 347 g/mol. The highest BCUT2D eigenvalue weighted by Gasteiger charge is 2.52. The van der Waals surface area contributed by atoms with Gasteiger partial charge in [0.1, 0.15) is 0 Å². The number of hydrogen-bond acceptors (Lipinski definition) is 3. The number of likely N-dealkylation sites (tertiary alicyclic amines) is 1. The van der Waals surface area contributed by atoms with Gasteiger partial charge >= 0.3 is 6.18 Å². The zero-order valence-electron chi connectivity index (χ0n) is 15.2. The van der Waals surface area contributed by atoms with Crippen LogP contribution in [0.3, 0.4) is 0 Å². The number of carbonyl (C=O) groups excluding carboxylic acids is 1. The molecule has 1 aliphatic heterocycles. The maximum atomic E-state index is 13.2. The summed E-state index contributed by atoms with van der Waals surface area (Å²) < 4.78 is 40.9. The number of rotatable bonds is 5. The number of amides is 1. The molecule has 8 heteroatoms. The van der Waals surface area contributed by atoms with Gasteiger partial charge in [-0.1, -0.05) is 13.3 Å². The van der Waals surface area contributed by atoms with Crippen molar-refractivity contribution in [3.8, 4) is 0 Å². The molecule has 1 amide bonds. The Labute approximate surface area is 151 Å². The number of alkyl halides is 3. The average Bonchev–Trinajstić information content (AvgIpc) is 3.14. The van der Waals surface area contributed by atoms with Gasteiger partial charge in [0.05, 0.1) is 12.5 Å². The zero-order chi connectivity index (χ0) is 19.1. The lowest BCUT2D eigenvalue weighted by Gasteiger charge is -2.49. The van der Waals surface area contributed by atoms with Gasteiger partial charge in [0, 0.05) is 37.3 Å². The summed E-state index contributed by atoms with van der Waals surface area (Å²) in [7, 11) is 1.51. The summed E-state index contributed by atoms with van der Waals surface area (Å²) in [5, 5.41) is 13.0. The molecule has 5 nitrogen and oxygen atoms in total. The third-order valence-corrected chi connectivity index (χ3v) is 5.84. The van der Waals surface area contributed by atoms with Crippen molar-refractivity contribution in [2.75, 3.05) is 19.7 Å². The number of nitrogens with zero attached hydrogens (tertiary/aromatic N) is 3. The van der Waals surface area contributed by atoms with E-state index in [4.69, 9.17) is 0 Å². The minimum atomic E-state index is -4.44. The molecule has 1 saturated carbocycles. The van der Waals surface area contributed by atoms with E-state index in [9.17, 15) is 23.1 Å². The molecule has 1 saturated heterocycles. The Morgan fingerprint density at radius 2 is 2.15 bits per heavy atom. The summed E-state index contributed by atoms with van der Waals surface area (Å²) >= 11 is 0. The van der Waals surface area contributed by atoms with E-state index in [2.05, 4.69) is 5.10 Å². The minimum Gasteiger partial charge on any atom is -0.396 e. The predicted octanol–water partition coefficient (Wildman–Crippen LogP) is 2.94. The lowest BCUT2D eigenvalue weighted by molar-refractivity contribution is -0.149. The number of hydrogen-bond donors (Lipinski definition) is 1. The molecule has 2 fully saturated rings. The molecule has 0 aromatic carbocycles. The van der Waals surface area contributed by atoms with Gasteiger partial charge in [-0.2, -0.15) is 18.3 Å². The number of aliphatic hydroxyl groups is 1. The van der Waals surface area contributed by atoms with Crippen LogP contribution >= 0.6 is 0 Å². The summed E-state index contributed by atoms with van der Waals surface area (Å²) in [6, 6.07) is 0. The maximum Gasteiger partial charge on any atom is 0.435 e. The van der Waals surface area contributed by atoms with Gasteiger partial charge in [-0.05, 0) is 31.6 Å². The van der Waals surface area contributed by atoms with E-state index < -0.39 is 11.9 Å². The number of carbonyl (C=O) groups is 1. The van der Waals surface area contributed by atoms with Crippen molar-refractivity contribution in [1.29, 1.82) is 0 Å². The number of aryl methyl sites for hydroxylation is 1. The van der Waals surface area contributed by atoms with Gasteiger partial charge < -0.3 is 10.0 Å². The SMILES string of the molecule is CCC[C@H](CO)C(=O)N1CC2(CCC(c3cn(C)nc3C(F)(F)F)C2)C1. The Bertz CT molecular complexity index is 665. The van der Waals surface area contributed by atoms with Crippen molar-refractivity contribution < 1.29 is 23.1 Å². The Morgan fingerprint density at radius 3 is 2.73 bits per heavy atom. The second-order valence-electron chi connectivity index (χ2n) is 7.91. The topological polar surface area (TPSA) is 58.4 Å². The summed E-state index contributed by atoms with van der Waals surface area (Å²) in [5.41, 5.74) is -0.580. The Hall–Kier alpha value is -1.57. The lowest BCUT2D eigenvalue weighted by atomic mass is 9.76. The van der Waals surface area contributed by atoms with Crippen LogP contribution in [0.25, 0.3) is 0 Å². The predicted molar refractivity (Wildman–Crippen MR) is 89.3 cm³/mol. The average molecular weight is 373 g/mol. The van der Waals surface area contributed by atoms with Crippen LogP contribution in [0.4, 0.5) is 13.2 Å². The van der Waals surface area contributed by atoms with Crippen LogP contribution in [0.15, 0.2) is 6.20 Å². The van der Waals surface area contributed by atoms with E-state index in [1.165, 1.54) is 17.9 Å². The van der Waals surface area contributed by atoms with Crippen molar-refractivity contribution in [2.45, 2.75) is 51.1 Å². The van der Waals surface area contributed by atoms with Crippen molar-refractivity contribution in [3.05, 3.63) is 17.5 Å². The summed E-state index contributed by atoms with van der Waals surface area (Å²) in [6.07, 6.45) is 0.703. The third kappa shape index (κ3) is 3.48. The second-order valence-corrected chi connectivity index (χ2v) is 7.91. The number of aliphatic hydroxyl groups excluding tert-OH is 1. The fourth-order valence-electron chi connectivity index (χ4n) is 4.60. The quantitative estimate of drug-likeness (QED) is 0.863. The lowest BCUT2D eigenvalue weighted by Crippen LogP contribution is -2.59. The molecule has 1 unspecified atom stereocenters. The van der Waals surface area contributed by atoms with Gasteiger partial charge in [0.25, 0.3) is 0 Å². The molecule has 1 spiro atoms. The van der Waals surface area contributed by atoms with Crippen LogP contribution in [0.5, 0.6) is 0 Å². The van der Waals surface area contributed by atoms with Crippen LogP contribution in [0.1, 0.15) is 56.2 Å². The van der Waals surface area contributed by atoms with Gasteiger partial charge in [0.15, 0.2) is 5.69 Å². The van der Waals surface area contributed by atoms with Gasteiger partial charge in [-0.25, -0.2) is 0 Å². The molecular formula is C18H26F3N3O2.